The van der Waals surface area contributed by atoms with Crippen molar-refractivity contribution in [2.75, 3.05) is 19.7 Å². The Hall–Kier alpha value is -1.55. The van der Waals surface area contributed by atoms with Crippen LogP contribution in [0.1, 0.15) is 42.1 Å². The molecule has 0 aromatic heterocycles. The zero-order chi connectivity index (χ0) is 15.1. The van der Waals surface area contributed by atoms with Gasteiger partial charge in [-0.1, -0.05) is 6.07 Å². The van der Waals surface area contributed by atoms with Gasteiger partial charge in [0, 0.05) is 17.6 Å². The van der Waals surface area contributed by atoms with Gasteiger partial charge in [-0.05, 0) is 69.3 Å². The zero-order valence-electron chi connectivity index (χ0n) is 13.2. The quantitative estimate of drug-likeness (QED) is 0.910. The van der Waals surface area contributed by atoms with Crippen molar-refractivity contribution in [1.29, 1.82) is 0 Å². The topological polar surface area (TPSA) is 41.6 Å². The van der Waals surface area contributed by atoms with Crippen LogP contribution in [0.3, 0.4) is 0 Å². The van der Waals surface area contributed by atoms with Crippen LogP contribution in [-0.2, 0) is 6.42 Å². The first-order valence-corrected chi connectivity index (χ1v) is 8.53. The highest BCUT2D eigenvalue weighted by atomic mass is 16.5. The van der Waals surface area contributed by atoms with Gasteiger partial charge in [0.1, 0.15) is 5.75 Å². The highest BCUT2D eigenvalue weighted by Gasteiger charge is 2.40. The maximum absolute atomic E-state index is 12.6. The number of benzene rings is 1. The Morgan fingerprint density at radius 2 is 2.14 bits per heavy atom. The zero-order valence-corrected chi connectivity index (χ0v) is 13.2. The first-order valence-electron chi connectivity index (χ1n) is 8.53. The predicted octanol–water partition coefficient (Wildman–Crippen LogP) is 2.22. The number of piperidine rings is 3. The first-order chi connectivity index (χ1) is 10.7. The number of nitrogens with one attached hydrogen (secondary N) is 1. The third-order valence-corrected chi connectivity index (χ3v) is 5.65. The van der Waals surface area contributed by atoms with Crippen LogP contribution in [0, 0.1) is 5.92 Å². The molecule has 4 nitrogen and oxygen atoms in total. The molecular formula is C18H24N2O2. The summed E-state index contributed by atoms with van der Waals surface area (Å²) in [5, 5.41) is 3.29. The van der Waals surface area contributed by atoms with Crippen molar-refractivity contribution in [3.05, 3.63) is 29.3 Å². The monoisotopic (exact) mass is 300 g/mol. The van der Waals surface area contributed by atoms with Crippen LogP contribution in [0.25, 0.3) is 0 Å². The third kappa shape index (κ3) is 2.39. The largest absolute Gasteiger partial charge is 0.493 e. The number of carbonyl (C=O) groups is 1. The van der Waals surface area contributed by atoms with Gasteiger partial charge in [0.15, 0.2) is 0 Å². The van der Waals surface area contributed by atoms with E-state index < -0.39 is 0 Å². The second kappa shape index (κ2) is 5.58. The number of hydrogen-bond acceptors (Lipinski definition) is 3. The van der Waals surface area contributed by atoms with Crippen molar-refractivity contribution in [2.45, 2.75) is 44.7 Å². The number of ether oxygens (including phenoxy) is 1. The second-order valence-electron chi connectivity index (χ2n) is 6.89. The Morgan fingerprint density at radius 3 is 2.91 bits per heavy atom. The van der Waals surface area contributed by atoms with E-state index in [1.165, 1.54) is 31.5 Å². The molecule has 2 atom stereocenters. The van der Waals surface area contributed by atoms with Gasteiger partial charge < -0.3 is 10.1 Å². The van der Waals surface area contributed by atoms with Crippen LogP contribution in [-0.4, -0.2) is 42.6 Å². The van der Waals surface area contributed by atoms with Crippen molar-refractivity contribution >= 4 is 5.91 Å². The van der Waals surface area contributed by atoms with Gasteiger partial charge in [0.2, 0.25) is 0 Å². The molecule has 1 aromatic rings. The normalized spacial score (nSPS) is 33.0. The van der Waals surface area contributed by atoms with Gasteiger partial charge in [0.25, 0.3) is 5.91 Å². The van der Waals surface area contributed by atoms with E-state index in [1.807, 2.05) is 18.2 Å². The lowest BCUT2D eigenvalue weighted by molar-refractivity contribution is 0.0217. The lowest BCUT2D eigenvalue weighted by Gasteiger charge is -2.49. The van der Waals surface area contributed by atoms with Gasteiger partial charge in [-0.2, -0.15) is 0 Å². The van der Waals surface area contributed by atoms with E-state index in [9.17, 15) is 4.79 Å². The van der Waals surface area contributed by atoms with E-state index >= 15 is 0 Å². The van der Waals surface area contributed by atoms with Crippen molar-refractivity contribution in [1.82, 2.24) is 10.2 Å². The number of fused-ring (bicyclic) bond motifs is 4. The van der Waals surface area contributed by atoms with Gasteiger partial charge in [-0.15, -0.1) is 0 Å². The molecule has 118 valence electrons. The SMILES string of the molecule is CC1C(NC(=O)c2ccc3c(c2)OCCC3)C2CCN1CC2. The Kier molecular flexibility index (Phi) is 3.57. The summed E-state index contributed by atoms with van der Waals surface area (Å²) >= 11 is 0. The Bertz CT molecular complexity index is 576. The molecule has 4 heteroatoms. The summed E-state index contributed by atoms with van der Waals surface area (Å²) in [5.41, 5.74) is 1.95. The summed E-state index contributed by atoms with van der Waals surface area (Å²) in [6, 6.07) is 6.63. The molecule has 1 aromatic carbocycles. The minimum Gasteiger partial charge on any atom is -0.493 e. The molecule has 2 bridgehead atoms. The number of rotatable bonds is 2. The Morgan fingerprint density at radius 1 is 1.32 bits per heavy atom. The van der Waals surface area contributed by atoms with Crippen molar-refractivity contribution in [3.8, 4) is 5.75 Å². The van der Waals surface area contributed by atoms with Gasteiger partial charge in [-0.25, -0.2) is 0 Å². The van der Waals surface area contributed by atoms with Crippen LogP contribution in [0.2, 0.25) is 0 Å². The minimum absolute atomic E-state index is 0.0440. The van der Waals surface area contributed by atoms with Crippen LogP contribution in [0.5, 0.6) is 5.75 Å². The molecule has 4 aliphatic heterocycles. The summed E-state index contributed by atoms with van der Waals surface area (Å²) in [6.07, 6.45) is 4.54. The molecule has 0 radical (unpaired) electrons. The minimum atomic E-state index is 0.0440. The van der Waals surface area contributed by atoms with Crippen LogP contribution in [0.15, 0.2) is 18.2 Å². The molecular weight excluding hydrogens is 276 g/mol. The lowest BCUT2D eigenvalue weighted by atomic mass is 9.79. The molecule has 1 N–H and O–H groups in total. The smallest absolute Gasteiger partial charge is 0.251 e. The average molecular weight is 300 g/mol. The average Bonchev–Trinajstić information content (AvgIpc) is 2.58. The molecule has 5 rings (SSSR count). The molecule has 0 aliphatic carbocycles. The Labute approximate surface area is 131 Å². The molecule has 4 heterocycles. The van der Waals surface area contributed by atoms with E-state index in [0.29, 0.717) is 12.0 Å². The van der Waals surface area contributed by atoms with E-state index in [2.05, 4.69) is 17.1 Å². The molecule has 0 spiro atoms. The number of hydrogen-bond donors (Lipinski definition) is 1. The maximum atomic E-state index is 12.6. The highest BCUT2D eigenvalue weighted by molar-refractivity contribution is 5.95. The van der Waals surface area contributed by atoms with Crippen molar-refractivity contribution in [2.24, 2.45) is 5.92 Å². The van der Waals surface area contributed by atoms with Crippen molar-refractivity contribution < 1.29 is 9.53 Å². The maximum Gasteiger partial charge on any atom is 0.251 e. The van der Waals surface area contributed by atoms with Crippen LogP contribution >= 0.6 is 0 Å². The predicted molar refractivity (Wildman–Crippen MR) is 85.3 cm³/mol. The summed E-state index contributed by atoms with van der Waals surface area (Å²) in [6.45, 7) is 5.37. The van der Waals surface area contributed by atoms with Crippen LogP contribution < -0.4 is 10.1 Å². The standard InChI is InChI=1S/C18H24N2O2/c1-12-17(14-6-8-20(12)9-7-14)19-18(21)15-5-4-13-3-2-10-22-16(13)11-15/h4-5,11-12,14,17H,2-3,6-10H2,1H3,(H,19,21). The van der Waals surface area contributed by atoms with Gasteiger partial charge in [0.05, 0.1) is 6.61 Å². The molecule has 3 fully saturated rings. The number of nitrogens with zero attached hydrogens (tertiary/aromatic N) is 1. The summed E-state index contributed by atoms with van der Waals surface area (Å²) in [4.78, 5) is 15.1. The summed E-state index contributed by atoms with van der Waals surface area (Å²) in [5.74, 6) is 1.57. The number of aryl methyl sites for hydroxylation is 1. The molecule has 4 aliphatic rings. The highest BCUT2D eigenvalue weighted by Crippen LogP contribution is 2.32. The molecule has 1 amide bonds. The summed E-state index contributed by atoms with van der Waals surface area (Å²) in [7, 11) is 0. The van der Waals surface area contributed by atoms with Gasteiger partial charge in [-0.3, -0.25) is 9.69 Å². The van der Waals surface area contributed by atoms with E-state index in [0.717, 1.165) is 30.8 Å². The van der Waals surface area contributed by atoms with E-state index in [-0.39, 0.29) is 11.9 Å². The first kappa shape index (κ1) is 14.1. The summed E-state index contributed by atoms with van der Waals surface area (Å²) < 4.78 is 5.69. The van der Waals surface area contributed by atoms with E-state index in [1.54, 1.807) is 0 Å². The molecule has 0 saturated carbocycles. The van der Waals surface area contributed by atoms with Crippen molar-refractivity contribution in [3.63, 3.8) is 0 Å². The fourth-order valence-corrected chi connectivity index (χ4v) is 4.26. The number of amides is 1. The molecule has 2 unspecified atom stereocenters. The van der Waals surface area contributed by atoms with Crippen LogP contribution in [0.4, 0.5) is 0 Å². The fourth-order valence-electron chi connectivity index (χ4n) is 4.26. The fraction of sp³-hybridized carbons (Fsp3) is 0.611. The van der Waals surface area contributed by atoms with E-state index in [4.69, 9.17) is 4.74 Å². The lowest BCUT2D eigenvalue weighted by Crippen LogP contribution is -2.62. The third-order valence-electron chi connectivity index (χ3n) is 5.65. The second-order valence-corrected chi connectivity index (χ2v) is 6.89. The molecule has 22 heavy (non-hydrogen) atoms. The Balaban J connectivity index is 1.50. The van der Waals surface area contributed by atoms with Gasteiger partial charge >= 0.3 is 0 Å². The molecule has 3 saturated heterocycles. The number of carbonyl (C=O) groups excluding carboxylic acids is 1.